The van der Waals surface area contributed by atoms with Crippen LogP contribution in [0, 0.1) is 18.2 Å². The Morgan fingerprint density at radius 1 is 1.16 bits per heavy atom. The van der Waals surface area contributed by atoms with Crippen LogP contribution in [0.15, 0.2) is 48.9 Å². The maximum Gasteiger partial charge on any atom is 0.418 e. The lowest BCUT2D eigenvalue weighted by Crippen LogP contribution is -2.43. The van der Waals surface area contributed by atoms with E-state index in [2.05, 4.69) is 20.6 Å². The van der Waals surface area contributed by atoms with Crippen LogP contribution in [0.2, 0.25) is 0 Å². The number of alkyl halides is 3. The number of hydrogen-bond acceptors (Lipinski definition) is 7. The highest BCUT2D eigenvalue weighted by Crippen LogP contribution is 2.37. The molecule has 38 heavy (non-hydrogen) atoms. The number of carbonyl (C=O) groups is 2. The zero-order chi connectivity index (χ0) is 27.5. The normalized spacial score (nSPS) is 17.3. The molecule has 1 aliphatic heterocycles. The zero-order valence-electron chi connectivity index (χ0n) is 20.4. The number of nitrogens with zero attached hydrogens (tertiary/aromatic N) is 2. The Labute approximate surface area is 215 Å². The van der Waals surface area contributed by atoms with Crippen molar-refractivity contribution < 1.29 is 31.9 Å². The molecule has 0 spiro atoms. The average Bonchev–Trinajstić information content (AvgIpc) is 3.33. The van der Waals surface area contributed by atoms with Crippen molar-refractivity contribution >= 4 is 28.8 Å². The van der Waals surface area contributed by atoms with Crippen molar-refractivity contribution in [2.24, 2.45) is 5.41 Å². The molecule has 0 unspecified atom stereocenters. The summed E-state index contributed by atoms with van der Waals surface area (Å²) in [5, 5.41) is 5.17. The van der Waals surface area contributed by atoms with Gasteiger partial charge < -0.3 is 21.1 Å². The molecule has 3 aromatic rings. The molecule has 4 rings (SSSR count). The molecule has 0 saturated carbocycles. The Morgan fingerprint density at radius 3 is 2.61 bits per heavy atom. The largest absolute Gasteiger partial charge is 0.418 e. The Kier molecular flexibility index (Phi) is 7.63. The summed E-state index contributed by atoms with van der Waals surface area (Å²) in [4.78, 5) is 33.8. The molecule has 1 atom stereocenters. The fraction of sp³-hybridized carbons (Fsp3) is 0.308. The first-order valence-corrected chi connectivity index (χ1v) is 11.7. The highest BCUT2D eigenvalue weighted by Gasteiger charge is 2.44. The minimum atomic E-state index is -4.60. The van der Waals surface area contributed by atoms with Crippen molar-refractivity contribution in [3.63, 3.8) is 0 Å². The number of halogens is 4. The summed E-state index contributed by atoms with van der Waals surface area (Å²) in [6.07, 6.45) is -0.525. The Morgan fingerprint density at radius 2 is 1.95 bits per heavy atom. The molecule has 1 aliphatic rings. The number of hydrogen-bond donors (Lipinski definition) is 3. The Bertz CT molecular complexity index is 1360. The molecule has 3 heterocycles. The second-order valence-electron chi connectivity index (χ2n) is 9.20. The fourth-order valence-corrected chi connectivity index (χ4v) is 4.20. The molecule has 1 amide bonds. The molecule has 0 bridgehead atoms. The van der Waals surface area contributed by atoms with Crippen LogP contribution in [0.25, 0.3) is 0 Å². The van der Waals surface area contributed by atoms with Gasteiger partial charge in [0, 0.05) is 37.1 Å². The number of benzene rings is 1. The number of rotatable bonds is 8. The van der Waals surface area contributed by atoms with Crippen molar-refractivity contribution in [1.82, 2.24) is 15.3 Å². The number of pyridine rings is 2. The number of nitrogens with one attached hydrogen (secondary N) is 2. The van der Waals surface area contributed by atoms with Gasteiger partial charge in [-0.2, -0.15) is 13.2 Å². The van der Waals surface area contributed by atoms with Gasteiger partial charge in [-0.05, 0) is 31.5 Å². The van der Waals surface area contributed by atoms with Crippen LogP contribution in [0.4, 0.5) is 34.6 Å². The first-order valence-electron chi connectivity index (χ1n) is 11.7. The van der Waals surface area contributed by atoms with E-state index < -0.39 is 28.9 Å². The third-order valence-corrected chi connectivity index (χ3v) is 6.26. The van der Waals surface area contributed by atoms with Gasteiger partial charge in [-0.3, -0.25) is 19.6 Å². The number of ketones is 1. The number of anilines is 3. The third kappa shape index (κ3) is 6.08. The van der Waals surface area contributed by atoms with E-state index in [0.717, 1.165) is 12.1 Å². The van der Waals surface area contributed by atoms with Gasteiger partial charge in [-0.25, -0.2) is 4.39 Å². The Balaban J connectivity index is 1.44. The van der Waals surface area contributed by atoms with Gasteiger partial charge >= 0.3 is 6.18 Å². The number of amides is 1. The quantitative estimate of drug-likeness (QED) is 0.288. The van der Waals surface area contributed by atoms with E-state index in [0.29, 0.717) is 11.3 Å². The summed E-state index contributed by atoms with van der Waals surface area (Å²) in [5.74, 6) is -1.66. The van der Waals surface area contributed by atoms with E-state index in [-0.39, 0.29) is 61.0 Å². The predicted octanol–water partition coefficient (Wildman–Crippen LogP) is 4.56. The molecule has 1 saturated heterocycles. The van der Waals surface area contributed by atoms with Gasteiger partial charge in [0.1, 0.15) is 5.82 Å². The molecular formula is C26H25F4N5O3. The number of ether oxygens (including phenoxy) is 1. The topological polar surface area (TPSA) is 119 Å². The first kappa shape index (κ1) is 27.0. The smallest absolute Gasteiger partial charge is 0.397 e. The molecule has 2 aromatic heterocycles. The summed E-state index contributed by atoms with van der Waals surface area (Å²) < 4.78 is 60.4. The summed E-state index contributed by atoms with van der Waals surface area (Å²) in [7, 11) is 0. The molecule has 8 nitrogen and oxygen atoms in total. The highest BCUT2D eigenvalue weighted by molar-refractivity contribution is 6.00. The van der Waals surface area contributed by atoms with Crippen LogP contribution in [-0.2, 0) is 22.3 Å². The number of aromatic nitrogens is 2. The Hall–Kier alpha value is -4.06. The lowest BCUT2D eigenvalue weighted by molar-refractivity contribution is -0.137. The lowest BCUT2D eigenvalue weighted by atomic mass is 9.80. The number of nitrogens with two attached hydrogens (primary N) is 1. The second kappa shape index (κ2) is 10.7. The van der Waals surface area contributed by atoms with Crippen molar-refractivity contribution in [1.29, 1.82) is 0 Å². The van der Waals surface area contributed by atoms with Crippen LogP contribution in [0.1, 0.15) is 40.0 Å². The van der Waals surface area contributed by atoms with Crippen LogP contribution in [0.3, 0.4) is 0 Å². The minimum Gasteiger partial charge on any atom is -0.397 e. The monoisotopic (exact) mass is 531 g/mol. The molecule has 1 fully saturated rings. The van der Waals surface area contributed by atoms with E-state index in [4.69, 9.17) is 10.5 Å². The minimum absolute atomic E-state index is 0.00827. The summed E-state index contributed by atoms with van der Waals surface area (Å²) in [5.41, 5.74) is 4.30. The second-order valence-corrected chi connectivity index (χ2v) is 9.20. The van der Waals surface area contributed by atoms with Crippen molar-refractivity contribution in [3.05, 3.63) is 77.1 Å². The van der Waals surface area contributed by atoms with Crippen molar-refractivity contribution in [2.75, 3.05) is 24.3 Å². The predicted molar refractivity (Wildman–Crippen MR) is 131 cm³/mol. The van der Waals surface area contributed by atoms with Gasteiger partial charge in [0.25, 0.3) is 0 Å². The summed E-state index contributed by atoms with van der Waals surface area (Å²) in [6.45, 7) is 1.54. The van der Waals surface area contributed by atoms with Gasteiger partial charge in [-0.1, -0.05) is 11.6 Å². The molecular weight excluding hydrogens is 506 g/mol. The van der Waals surface area contributed by atoms with Crippen LogP contribution < -0.4 is 16.4 Å². The van der Waals surface area contributed by atoms with Gasteiger partial charge in [0.05, 0.1) is 53.1 Å². The van der Waals surface area contributed by atoms with Gasteiger partial charge in [0.2, 0.25) is 5.91 Å². The van der Waals surface area contributed by atoms with Gasteiger partial charge in [-0.15, -0.1) is 0 Å². The molecule has 12 heteroatoms. The van der Waals surface area contributed by atoms with E-state index >= 15 is 0 Å². The molecule has 0 radical (unpaired) electrons. The SMILES string of the molecule is Cc1ccc(Nc2cnc(CNC(=O)[C@]3(CC(=O)c4cncc(N)c4)CCOC3)c(F)c2)c(C(F)(F)F)c1. The number of carbonyl (C=O) groups excluding carboxylic acids is 2. The molecule has 200 valence electrons. The number of aryl methyl sites for hydroxylation is 1. The van der Waals surface area contributed by atoms with Crippen LogP contribution >= 0.6 is 0 Å². The highest BCUT2D eigenvalue weighted by atomic mass is 19.4. The molecule has 4 N–H and O–H groups in total. The summed E-state index contributed by atoms with van der Waals surface area (Å²) in [6, 6.07) is 6.22. The first-order chi connectivity index (χ1) is 18.0. The third-order valence-electron chi connectivity index (χ3n) is 6.26. The number of Topliss-reactive ketones (excluding diaryl/α,β-unsaturated/α-hetero) is 1. The van der Waals surface area contributed by atoms with Gasteiger partial charge in [0.15, 0.2) is 5.78 Å². The molecule has 0 aliphatic carbocycles. The number of nitrogen functional groups attached to an aromatic ring is 1. The standard InChI is InChI=1S/C26H25F4N5O3/c1-15-2-3-21(19(6-15)26(28,29)30)35-18-8-20(27)22(33-12-18)13-34-24(37)25(4-5-38-14-25)9-23(36)16-7-17(31)11-32-10-16/h2-3,6-8,10-12,35H,4-5,9,13-14,31H2,1H3,(H,34,37)/t25-/m0/s1. The van der Waals surface area contributed by atoms with Crippen LogP contribution in [0.5, 0.6) is 0 Å². The molecule has 1 aromatic carbocycles. The fourth-order valence-electron chi connectivity index (χ4n) is 4.20. The van der Waals surface area contributed by atoms with Crippen LogP contribution in [-0.4, -0.2) is 34.9 Å². The average molecular weight is 532 g/mol. The van der Waals surface area contributed by atoms with E-state index in [1.54, 1.807) is 0 Å². The van der Waals surface area contributed by atoms with E-state index in [1.165, 1.54) is 43.7 Å². The maximum absolute atomic E-state index is 14.8. The maximum atomic E-state index is 14.8. The van der Waals surface area contributed by atoms with Crippen molar-refractivity contribution in [2.45, 2.75) is 32.5 Å². The van der Waals surface area contributed by atoms with Crippen molar-refractivity contribution in [3.8, 4) is 0 Å². The van der Waals surface area contributed by atoms with E-state index in [9.17, 15) is 27.2 Å². The zero-order valence-corrected chi connectivity index (χ0v) is 20.4. The van der Waals surface area contributed by atoms with E-state index in [1.807, 2.05) is 0 Å². The lowest BCUT2D eigenvalue weighted by Gasteiger charge is -2.25. The summed E-state index contributed by atoms with van der Waals surface area (Å²) >= 11 is 0.